The quantitative estimate of drug-likeness (QED) is 0.339. The Hall–Kier alpha value is -2.69. The average Bonchev–Trinajstić information content (AvgIpc) is 2.41. The summed E-state index contributed by atoms with van der Waals surface area (Å²) in [5.41, 5.74) is 7.21. The molecule has 2 aromatic carbocycles. The molecule has 0 heterocycles. The summed E-state index contributed by atoms with van der Waals surface area (Å²) in [5.74, 6) is 6.24. The first-order chi connectivity index (χ1) is 9.11. The first kappa shape index (κ1) is 12.8. The Morgan fingerprint density at radius 1 is 1.16 bits per heavy atom. The van der Waals surface area contributed by atoms with Crippen LogP contribution in [0.2, 0.25) is 0 Å². The Morgan fingerprint density at radius 3 is 2.58 bits per heavy atom. The summed E-state index contributed by atoms with van der Waals surface area (Å²) >= 11 is 0. The first-order valence-electron chi connectivity index (χ1n) is 5.72. The summed E-state index contributed by atoms with van der Waals surface area (Å²) in [4.78, 5) is 0. The zero-order valence-corrected chi connectivity index (χ0v) is 10.5. The topological polar surface area (TPSA) is 93.9 Å². The van der Waals surface area contributed by atoms with Gasteiger partial charge in [-0.05, 0) is 36.8 Å². The minimum absolute atomic E-state index is 0.0676. The summed E-state index contributed by atoms with van der Waals surface area (Å²) in [6.45, 7) is 1.89. The molecule has 19 heavy (non-hydrogen) atoms. The van der Waals surface area contributed by atoms with E-state index in [0.29, 0.717) is 17.1 Å². The van der Waals surface area contributed by atoms with Crippen LogP contribution in [0.25, 0.3) is 0 Å². The summed E-state index contributed by atoms with van der Waals surface area (Å²) in [6.07, 6.45) is 0. The van der Waals surface area contributed by atoms with Gasteiger partial charge in [0.2, 0.25) is 0 Å². The van der Waals surface area contributed by atoms with Crippen LogP contribution in [0.1, 0.15) is 11.1 Å². The number of aryl methyl sites for hydroxylation is 1. The van der Waals surface area contributed by atoms with Crippen molar-refractivity contribution < 1.29 is 9.84 Å². The summed E-state index contributed by atoms with van der Waals surface area (Å²) in [6, 6.07) is 12.2. The van der Waals surface area contributed by atoms with Gasteiger partial charge in [-0.15, -0.1) is 0 Å². The molecule has 5 heteroatoms. The summed E-state index contributed by atoms with van der Waals surface area (Å²) < 4.78 is 5.65. The lowest BCUT2D eigenvalue weighted by Gasteiger charge is -2.11. The molecule has 0 fully saturated rings. The molecule has 0 unspecified atom stereocenters. The van der Waals surface area contributed by atoms with Gasteiger partial charge in [0, 0.05) is 0 Å². The van der Waals surface area contributed by atoms with Crippen molar-refractivity contribution >= 4 is 5.84 Å². The predicted molar refractivity (Wildman–Crippen MR) is 74.3 cm³/mol. The Balaban J connectivity index is 2.38. The fourth-order valence-electron chi connectivity index (χ4n) is 1.67. The lowest BCUT2D eigenvalue weighted by Crippen LogP contribution is -2.16. The number of phenols is 1. The largest absolute Gasteiger partial charge is 0.504 e. The third kappa shape index (κ3) is 2.77. The number of amidine groups is 1. The molecule has 2 rings (SSSR count). The molecule has 0 saturated carbocycles. The standard InChI is InChI=1S/C14H15N3O2/c1-9-6-7-13(11(18)8-9)19-12-5-3-2-4-10(12)14(15)17-16/h2-8,18H,16H2,1H3,(H2,15,17). The van der Waals surface area contributed by atoms with E-state index in [1.54, 1.807) is 36.4 Å². The smallest absolute Gasteiger partial charge is 0.169 e. The van der Waals surface area contributed by atoms with E-state index in [1.165, 1.54) is 0 Å². The van der Waals surface area contributed by atoms with E-state index in [-0.39, 0.29) is 11.6 Å². The molecule has 0 radical (unpaired) electrons. The van der Waals surface area contributed by atoms with E-state index in [0.717, 1.165) is 5.56 Å². The van der Waals surface area contributed by atoms with E-state index < -0.39 is 0 Å². The number of aromatic hydroxyl groups is 1. The van der Waals surface area contributed by atoms with E-state index in [2.05, 4.69) is 5.10 Å². The number of hydrogen-bond acceptors (Lipinski definition) is 4. The zero-order valence-electron chi connectivity index (χ0n) is 10.5. The highest BCUT2D eigenvalue weighted by Gasteiger charge is 2.10. The highest BCUT2D eigenvalue weighted by atomic mass is 16.5. The van der Waals surface area contributed by atoms with Crippen LogP contribution in [0.5, 0.6) is 17.2 Å². The molecular weight excluding hydrogens is 242 g/mol. The van der Waals surface area contributed by atoms with Crippen LogP contribution in [0, 0.1) is 6.92 Å². The fourth-order valence-corrected chi connectivity index (χ4v) is 1.67. The van der Waals surface area contributed by atoms with Gasteiger partial charge in [-0.1, -0.05) is 18.2 Å². The number of benzene rings is 2. The van der Waals surface area contributed by atoms with Gasteiger partial charge in [0.05, 0.1) is 5.56 Å². The number of para-hydroxylation sites is 1. The van der Waals surface area contributed by atoms with Crippen molar-refractivity contribution in [3.05, 3.63) is 53.6 Å². The highest BCUT2D eigenvalue weighted by Crippen LogP contribution is 2.32. The second-order valence-corrected chi connectivity index (χ2v) is 4.08. The molecule has 98 valence electrons. The van der Waals surface area contributed by atoms with Crippen molar-refractivity contribution in [2.45, 2.75) is 6.92 Å². The summed E-state index contributed by atoms with van der Waals surface area (Å²) in [7, 11) is 0. The van der Waals surface area contributed by atoms with Crippen LogP contribution in [-0.2, 0) is 0 Å². The SMILES string of the molecule is Cc1ccc(Oc2ccccc2/C(N)=N/N)c(O)c1. The van der Waals surface area contributed by atoms with Gasteiger partial charge in [0.1, 0.15) is 5.75 Å². The van der Waals surface area contributed by atoms with E-state index in [9.17, 15) is 5.11 Å². The predicted octanol–water partition coefficient (Wildman–Crippen LogP) is 2.07. The second-order valence-electron chi connectivity index (χ2n) is 4.08. The van der Waals surface area contributed by atoms with Gasteiger partial charge in [0.25, 0.3) is 0 Å². The van der Waals surface area contributed by atoms with Crippen LogP contribution < -0.4 is 16.3 Å². The van der Waals surface area contributed by atoms with E-state index in [4.69, 9.17) is 16.3 Å². The molecule has 5 nitrogen and oxygen atoms in total. The van der Waals surface area contributed by atoms with Gasteiger partial charge in [-0.3, -0.25) is 0 Å². The lowest BCUT2D eigenvalue weighted by atomic mass is 10.2. The Bertz CT molecular complexity index is 624. The third-order valence-electron chi connectivity index (χ3n) is 2.64. The molecule has 0 aromatic heterocycles. The third-order valence-corrected chi connectivity index (χ3v) is 2.64. The fraction of sp³-hybridized carbons (Fsp3) is 0.0714. The van der Waals surface area contributed by atoms with Crippen molar-refractivity contribution in [2.24, 2.45) is 16.7 Å². The maximum atomic E-state index is 9.83. The number of phenolic OH excluding ortho intramolecular Hbond substituents is 1. The molecule has 0 aliphatic heterocycles. The van der Waals surface area contributed by atoms with Crippen LogP contribution in [-0.4, -0.2) is 10.9 Å². The second kappa shape index (κ2) is 5.30. The Labute approximate surface area is 111 Å². The molecule has 0 aliphatic rings. The maximum absolute atomic E-state index is 9.83. The molecule has 0 atom stereocenters. The highest BCUT2D eigenvalue weighted by molar-refractivity contribution is 5.99. The van der Waals surface area contributed by atoms with Gasteiger partial charge in [0.15, 0.2) is 17.3 Å². The number of nitrogens with zero attached hydrogens (tertiary/aromatic N) is 1. The molecule has 5 N–H and O–H groups in total. The molecule has 2 aromatic rings. The van der Waals surface area contributed by atoms with Crippen LogP contribution >= 0.6 is 0 Å². The van der Waals surface area contributed by atoms with Gasteiger partial charge >= 0.3 is 0 Å². The van der Waals surface area contributed by atoms with Crippen LogP contribution in [0.15, 0.2) is 47.6 Å². The van der Waals surface area contributed by atoms with Crippen molar-refractivity contribution in [3.8, 4) is 17.2 Å². The van der Waals surface area contributed by atoms with Crippen molar-refractivity contribution in [3.63, 3.8) is 0 Å². The number of hydrazone groups is 1. The van der Waals surface area contributed by atoms with Gasteiger partial charge in [-0.25, -0.2) is 0 Å². The Morgan fingerprint density at radius 2 is 1.89 bits per heavy atom. The van der Waals surface area contributed by atoms with E-state index >= 15 is 0 Å². The monoisotopic (exact) mass is 257 g/mol. The number of hydrogen-bond donors (Lipinski definition) is 3. The number of ether oxygens (including phenoxy) is 1. The molecule has 0 saturated heterocycles. The van der Waals surface area contributed by atoms with Gasteiger partial charge in [-0.2, -0.15) is 5.10 Å². The molecule has 0 amide bonds. The van der Waals surface area contributed by atoms with Crippen molar-refractivity contribution in [2.75, 3.05) is 0 Å². The average molecular weight is 257 g/mol. The molecule has 0 bridgehead atoms. The Kier molecular flexibility index (Phi) is 3.56. The normalized spacial score (nSPS) is 11.3. The lowest BCUT2D eigenvalue weighted by molar-refractivity contribution is 0.410. The minimum atomic E-state index is 0.0676. The number of rotatable bonds is 3. The molecular formula is C14H15N3O2. The molecule has 0 spiro atoms. The van der Waals surface area contributed by atoms with E-state index in [1.807, 2.05) is 13.0 Å². The van der Waals surface area contributed by atoms with Crippen LogP contribution in [0.4, 0.5) is 0 Å². The maximum Gasteiger partial charge on any atom is 0.169 e. The van der Waals surface area contributed by atoms with Crippen molar-refractivity contribution in [1.29, 1.82) is 0 Å². The molecule has 0 aliphatic carbocycles. The number of nitrogens with two attached hydrogens (primary N) is 2. The summed E-state index contributed by atoms with van der Waals surface area (Å²) in [5, 5.41) is 13.3. The van der Waals surface area contributed by atoms with Crippen LogP contribution in [0.3, 0.4) is 0 Å². The van der Waals surface area contributed by atoms with Gasteiger partial charge < -0.3 is 21.4 Å². The first-order valence-corrected chi connectivity index (χ1v) is 5.72. The van der Waals surface area contributed by atoms with Crippen molar-refractivity contribution in [1.82, 2.24) is 0 Å². The zero-order chi connectivity index (χ0) is 13.8. The minimum Gasteiger partial charge on any atom is -0.504 e.